The van der Waals surface area contributed by atoms with E-state index in [9.17, 15) is 14.9 Å². The average molecular weight is 328 g/mol. The summed E-state index contributed by atoms with van der Waals surface area (Å²) in [4.78, 5) is 22.0. The summed E-state index contributed by atoms with van der Waals surface area (Å²) in [7, 11) is 0. The SMILES string of the molecule is Cc1ccc(OCCNC(=O)Cc2ccc([N+](=O)[O-])cc2)c(C)c1. The van der Waals surface area contributed by atoms with Gasteiger partial charge in [-0.1, -0.05) is 29.8 Å². The van der Waals surface area contributed by atoms with Gasteiger partial charge in [0.25, 0.3) is 5.69 Å². The Morgan fingerprint density at radius 1 is 1.17 bits per heavy atom. The van der Waals surface area contributed by atoms with Crippen LogP contribution in [0.3, 0.4) is 0 Å². The van der Waals surface area contributed by atoms with Gasteiger partial charge in [0.1, 0.15) is 12.4 Å². The summed E-state index contributed by atoms with van der Waals surface area (Å²) < 4.78 is 5.64. The standard InChI is InChI=1S/C18H20N2O4/c1-13-3-8-17(14(2)11-13)24-10-9-19-18(21)12-15-4-6-16(7-5-15)20(22)23/h3-8,11H,9-10,12H2,1-2H3,(H,19,21). The molecule has 0 bridgehead atoms. The molecule has 0 saturated heterocycles. The van der Waals surface area contributed by atoms with Crippen molar-refractivity contribution in [3.05, 3.63) is 69.3 Å². The van der Waals surface area contributed by atoms with Gasteiger partial charge >= 0.3 is 0 Å². The van der Waals surface area contributed by atoms with Crippen LogP contribution < -0.4 is 10.1 Å². The number of amides is 1. The molecular weight excluding hydrogens is 308 g/mol. The summed E-state index contributed by atoms with van der Waals surface area (Å²) >= 11 is 0. The molecule has 6 nitrogen and oxygen atoms in total. The maximum absolute atomic E-state index is 11.9. The monoisotopic (exact) mass is 328 g/mol. The van der Waals surface area contributed by atoms with Crippen molar-refractivity contribution in [2.24, 2.45) is 0 Å². The number of nitrogens with zero attached hydrogens (tertiary/aromatic N) is 1. The molecule has 0 unspecified atom stereocenters. The van der Waals surface area contributed by atoms with Crippen LogP contribution in [0.4, 0.5) is 5.69 Å². The third-order valence-corrected chi connectivity index (χ3v) is 3.52. The van der Waals surface area contributed by atoms with Crippen molar-refractivity contribution in [3.63, 3.8) is 0 Å². The summed E-state index contributed by atoms with van der Waals surface area (Å²) in [5.74, 6) is 0.665. The first-order valence-electron chi connectivity index (χ1n) is 7.66. The fraction of sp³-hybridized carbons (Fsp3) is 0.278. The normalized spacial score (nSPS) is 10.2. The smallest absolute Gasteiger partial charge is 0.269 e. The zero-order chi connectivity index (χ0) is 17.5. The van der Waals surface area contributed by atoms with Crippen molar-refractivity contribution < 1.29 is 14.5 Å². The van der Waals surface area contributed by atoms with Gasteiger partial charge in [0.2, 0.25) is 5.91 Å². The molecule has 0 saturated carbocycles. The highest BCUT2D eigenvalue weighted by Crippen LogP contribution is 2.18. The number of nitro groups is 1. The van der Waals surface area contributed by atoms with Crippen molar-refractivity contribution in [2.75, 3.05) is 13.2 Å². The lowest BCUT2D eigenvalue weighted by atomic mass is 10.1. The van der Waals surface area contributed by atoms with E-state index in [0.29, 0.717) is 13.2 Å². The minimum atomic E-state index is -0.464. The number of aryl methyl sites for hydroxylation is 2. The van der Waals surface area contributed by atoms with E-state index in [1.807, 2.05) is 32.0 Å². The van der Waals surface area contributed by atoms with Gasteiger partial charge in [-0.25, -0.2) is 0 Å². The molecule has 0 heterocycles. The summed E-state index contributed by atoms with van der Waals surface area (Å²) in [5, 5.41) is 13.4. The molecule has 0 aliphatic rings. The molecule has 24 heavy (non-hydrogen) atoms. The van der Waals surface area contributed by atoms with Crippen LogP contribution in [0.25, 0.3) is 0 Å². The number of carbonyl (C=O) groups is 1. The lowest BCUT2D eigenvalue weighted by Crippen LogP contribution is -2.29. The number of benzene rings is 2. The Hall–Kier alpha value is -2.89. The lowest BCUT2D eigenvalue weighted by molar-refractivity contribution is -0.384. The topological polar surface area (TPSA) is 81.5 Å². The number of non-ortho nitro benzene ring substituents is 1. The molecule has 1 N–H and O–H groups in total. The van der Waals surface area contributed by atoms with Crippen LogP contribution in [0.5, 0.6) is 5.75 Å². The Morgan fingerprint density at radius 3 is 2.50 bits per heavy atom. The predicted octanol–water partition coefficient (Wildman–Crippen LogP) is 2.95. The van der Waals surface area contributed by atoms with Crippen molar-refractivity contribution in [1.82, 2.24) is 5.32 Å². The first-order valence-corrected chi connectivity index (χ1v) is 7.66. The van der Waals surface area contributed by atoms with Crippen molar-refractivity contribution in [3.8, 4) is 5.75 Å². The van der Waals surface area contributed by atoms with Gasteiger partial charge in [-0.3, -0.25) is 14.9 Å². The molecule has 0 fully saturated rings. The van der Waals surface area contributed by atoms with Gasteiger partial charge in [0.05, 0.1) is 17.9 Å². The van der Waals surface area contributed by atoms with Crippen LogP contribution in [0.1, 0.15) is 16.7 Å². The molecule has 0 aromatic heterocycles. The molecule has 0 atom stereocenters. The van der Waals surface area contributed by atoms with Crippen LogP contribution in [0, 0.1) is 24.0 Å². The van der Waals surface area contributed by atoms with Gasteiger partial charge in [-0.15, -0.1) is 0 Å². The quantitative estimate of drug-likeness (QED) is 0.481. The van der Waals surface area contributed by atoms with Crippen LogP contribution in [0.2, 0.25) is 0 Å². The summed E-state index contributed by atoms with van der Waals surface area (Å²) in [6.45, 7) is 4.79. The van der Waals surface area contributed by atoms with E-state index in [2.05, 4.69) is 5.32 Å². The van der Waals surface area contributed by atoms with E-state index in [-0.39, 0.29) is 18.0 Å². The second kappa shape index (κ2) is 8.10. The molecule has 1 amide bonds. The molecule has 2 rings (SSSR count). The maximum atomic E-state index is 11.9. The van der Waals surface area contributed by atoms with Crippen molar-refractivity contribution >= 4 is 11.6 Å². The molecular formula is C18H20N2O4. The number of hydrogen-bond acceptors (Lipinski definition) is 4. The largest absolute Gasteiger partial charge is 0.491 e. The Morgan fingerprint density at radius 2 is 1.88 bits per heavy atom. The highest BCUT2D eigenvalue weighted by Gasteiger charge is 2.07. The lowest BCUT2D eigenvalue weighted by Gasteiger charge is -2.10. The van der Waals surface area contributed by atoms with E-state index < -0.39 is 4.92 Å². The fourth-order valence-electron chi connectivity index (χ4n) is 2.30. The molecule has 2 aromatic carbocycles. The fourth-order valence-corrected chi connectivity index (χ4v) is 2.30. The Balaban J connectivity index is 1.74. The first kappa shape index (κ1) is 17.5. The van der Waals surface area contributed by atoms with Gasteiger partial charge in [0, 0.05) is 12.1 Å². The van der Waals surface area contributed by atoms with E-state index in [1.54, 1.807) is 12.1 Å². The summed E-state index contributed by atoms with van der Waals surface area (Å²) in [5.41, 5.74) is 2.98. The highest BCUT2D eigenvalue weighted by atomic mass is 16.6. The molecule has 126 valence electrons. The zero-order valence-corrected chi connectivity index (χ0v) is 13.7. The Kier molecular flexibility index (Phi) is 5.89. The number of carbonyl (C=O) groups excluding carboxylic acids is 1. The van der Waals surface area contributed by atoms with E-state index in [1.165, 1.54) is 17.7 Å². The van der Waals surface area contributed by atoms with Gasteiger partial charge in [0.15, 0.2) is 0 Å². The van der Waals surface area contributed by atoms with E-state index in [4.69, 9.17) is 4.74 Å². The highest BCUT2D eigenvalue weighted by molar-refractivity contribution is 5.78. The van der Waals surface area contributed by atoms with Gasteiger partial charge < -0.3 is 10.1 Å². The van der Waals surface area contributed by atoms with E-state index >= 15 is 0 Å². The van der Waals surface area contributed by atoms with E-state index in [0.717, 1.165) is 16.9 Å². The molecule has 2 aromatic rings. The third-order valence-electron chi connectivity index (χ3n) is 3.52. The Bertz CT molecular complexity index is 726. The molecule has 0 aliphatic heterocycles. The number of rotatable bonds is 7. The molecule has 0 spiro atoms. The van der Waals surface area contributed by atoms with Gasteiger partial charge in [-0.2, -0.15) is 0 Å². The average Bonchev–Trinajstić information content (AvgIpc) is 2.53. The van der Waals surface area contributed by atoms with Crippen LogP contribution in [-0.2, 0) is 11.2 Å². The maximum Gasteiger partial charge on any atom is 0.269 e. The minimum absolute atomic E-state index is 0.0148. The van der Waals surface area contributed by atoms with Crippen molar-refractivity contribution in [1.29, 1.82) is 0 Å². The van der Waals surface area contributed by atoms with Crippen LogP contribution in [-0.4, -0.2) is 24.0 Å². The van der Waals surface area contributed by atoms with Crippen LogP contribution in [0.15, 0.2) is 42.5 Å². The minimum Gasteiger partial charge on any atom is -0.491 e. The van der Waals surface area contributed by atoms with Gasteiger partial charge in [-0.05, 0) is 31.0 Å². The number of nitro benzene ring substituents is 1. The second-order valence-electron chi connectivity index (χ2n) is 5.57. The Labute approximate surface area is 140 Å². The molecule has 6 heteroatoms. The first-order chi connectivity index (χ1) is 11.5. The molecule has 0 aliphatic carbocycles. The number of ether oxygens (including phenoxy) is 1. The zero-order valence-electron chi connectivity index (χ0n) is 13.7. The summed E-state index contributed by atoms with van der Waals surface area (Å²) in [6, 6.07) is 11.9. The third kappa shape index (κ3) is 5.08. The number of hydrogen-bond donors (Lipinski definition) is 1. The van der Waals surface area contributed by atoms with Crippen molar-refractivity contribution in [2.45, 2.75) is 20.3 Å². The second-order valence-corrected chi connectivity index (χ2v) is 5.57. The molecule has 0 radical (unpaired) electrons. The number of nitrogens with one attached hydrogen (secondary N) is 1. The predicted molar refractivity (Wildman–Crippen MR) is 91.2 cm³/mol. The van der Waals surface area contributed by atoms with Crippen LogP contribution >= 0.6 is 0 Å². The summed E-state index contributed by atoms with van der Waals surface area (Å²) in [6.07, 6.45) is 0.182.